The highest BCUT2D eigenvalue weighted by Crippen LogP contribution is 2.40. The molecule has 2 unspecified atom stereocenters. The van der Waals surface area contributed by atoms with Crippen molar-refractivity contribution in [2.75, 3.05) is 13.7 Å². The third kappa shape index (κ3) is 3.57. The van der Waals surface area contributed by atoms with Crippen molar-refractivity contribution >= 4 is 34.6 Å². The van der Waals surface area contributed by atoms with Gasteiger partial charge in [-0.3, -0.25) is 9.78 Å². The number of esters is 1. The highest BCUT2D eigenvalue weighted by Gasteiger charge is 2.39. The van der Waals surface area contributed by atoms with Crippen molar-refractivity contribution in [3.05, 3.63) is 52.5 Å². The zero-order chi connectivity index (χ0) is 16.9. The first kappa shape index (κ1) is 16.9. The molecule has 1 aliphatic heterocycles. The van der Waals surface area contributed by atoms with Crippen LogP contribution in [-0.2, 0) is 9.53 Å². The van der Waals surface area contributed by atoms with Gasteiger partial charge in [0.2, 0.25) is 0 Å². The Bertz CT molecular complexity index is 691. The van der Waals surface area contributed by atoms with E-state index in [9.17, 15) is 4.79 Å². The number of ether oxygens (including phenoxy) is 1. The molecule has 0 aromatic carbocycles. The molecule has 0 spiro atoms. The molecule has 5 nitrogen and oxygen atoms in total. The van der Waals surface area contributed by atoms with Crippen LogP contribution in [0, 0.1) is 0 Å². The summed E-state index contributed by atoms with van der Waals surface area (Å²) < 4.78 is 4.72. The molecule has 0 amide bonds. The molecule has 1 fully saturated rings. The Morgan fingerprint density at radius 1 is 1.42 bits per heavy atom. The van der Waals surface area contributed by atoms with Gasteiger partial charge in [-0.25, -0.2) is 0 Å². The van der Waals surface area contributed by atoms with Gasteiger partial charge in [-0.1, -0.05) is 12.1 Å². The van der Waals surface area contributed by atoms with Crippen LogP contribution >= 0.6 is 23.6 Å². The summed E-state index contributed by atoms with van der Waals surface area (Å²) in [6.45, 7) is 0.701. The first-order chi connectivity index (χ1) is 11.7. The minimum Gasteiger partial charge on any atom is -0.469 e. The van der Waals surface area contributed by atoms with Gasteiger partial charge in [0.05, 0.1) is 24.9 Å². The summed E-state index contributed by atoms with van der Waals surface area (Å²) >= 11 is 7.26. The molecule has 3 heterocycles. The highest BCUT2D eigenvalue weighted by molar-refractivity contribution is 7.80. The number of nitrogens with one attached hydrogen (secondary N) is 1. The molecule has 2 atom stereocenters. The number of nitrogens with zero attached hydrogens (tertiary/aromatic N) is 2. The van der Waals surface area contributed by atoms with E-state index in [1.165, 1.54) is 12.0 Å². The average molecular weight is 361 g/mol. The molecule has 126 valence electrons. The molecule has 2 aromatic heterocycles. The predicted molar refractivity (Wildman–Crippen MR) is 97.7 cm³/mol. The fraction of sp³-hybridized carbons (Fsp3) is 0.353. The molecule has 1 N–H and O–H groups in total. The number of methoxy groups -OCH3 is 1. The maximum Gasteiger partial charge on any atom is 0.305 e. The molecule has 0 saturated carbocycles. The maximum atomic E-state index is 11.4. The lowest BCUT2D eigenvalue weighted by Crippen LogP contribution is -2.30. The van der Waals surface area contributed by atoms with Crippen molar-refractivity contribution in [2.24, 2.45) is 0 Å². The lowest BCUT2D eigenvalue weighted by atomic mass is 10.0. The normalized spacial score (nSPS) is 20.0. The smallest absolute Gasteiger partial charge is 0.305 e. The number of aromatic nitrogens is 1. The van der Waals surface area contributed by atoms with Gasteiger partial charge in [0, 0.05) is 24.0 Å². The third-order valence-corrected chi connectivity index (χ3v) is 5.34. The SMILES string of the molecule is COC(=O)CCCN1C(=S)NC(c2ccccn2)C1c1cccs1. The minimum absolute atomic E-state index is 0.00970. The first-order valence-corrected chi connectivity index (χ1v) is 9.08. The molecule has 0 bridgehead atoms. The van der Waals surface area contributed by atoms with E-state index in [1.54, 1.807) is 17.5 Å². The Hall–Kier alpha value is -1.99. The summed E-state index contributed by atoms with van der Waals surface area (Å²) in [4.78, 5) is 19.2. The number of carbonyl (C=O) groups is 1. The van der Waals surface area contributed by atoms with Crippen molar-refractivity contribution in [3.8, 4) is 0 Å². The summed E-state index contributed by atoms with van der Waals surface area (Å²) in [5.41, 5.74) is 0.966. The van der Waals surface area contributed by atoms with E-state index in [0.29, 0.717) is 24.5 Å². The fourth-order valence-corrected chi connectivity index (χ4v) is 4.12. The van der Waals surface area contributed by atoms with Crippen molar-refractivity contribution < 1.29 is 9.53 Å². The van der Waals surface area contributed by atoms with Crippen LogP contribution < -0.4 is 5.32 Å². The summed E-state index contributed by atoms with van der Waals surface area (Å²) in [6, 6.07) is 10.2. The minimum atomic E-state index is -0.193. The van der Waals surface area contributed by atoms with Gasteiger partial charge in [-0.15, -0.1) is 11.3 Å². The molecule has 24 heavy (non-hydrogen) atoms. The number of hydrogen-bond donors (Lipinski definition) is 1. The number of thiocarbonyl (C=S) groups is 1. The zero-order valence-electron chi connectivity index (χ0n) is 13.3. The standard InChI is InChI=1S/C17H19N3O2S2/c1-22-14(21)8-4-10-20-16(13-7-5-11-24-13)15(19-17(20)23)12-6-2-3-9-18-12/h2-3,5-7,9,11,15-16H,4,8,10H2,1H3,(H,19,23). The Kier molecular flexibility index (Phi) is 5.42. The summed E-state index contributed by atoms with van der Waals surface area (Å²) in [5, 5.41) is 6.17. The molecule has 0 radical (unpaired) electrons. The second-order valence-electron chi connectivity index (χ2n) is 5.52. The third-order valence-electron chi connectivity index (χ3n) is 4.04. The molecule has 1 saturated heterocycles. The van der Waals surface area contributed by atoms with E-state index >= 15 is 0 Å². The van der Waals surface area contributed by atoms with Crippen LogP contribution in [0.25, 0.3) is 0 Å². The van der Waals surface area contributed by atoms with Crippen LogP contribution in [0.3, 0.4) is 0 Å². The first-order valence-electron chi connectivity index (χ1n) is 7.79. The van der Waals surface area contributed by atoms with Gasteiger partial charge in [0.1, 0.15) is 0 Å². The van der Waals surface area contributed by atoms with E-state index in [2.05, 4.69) is 26.6 Å². The second-order valence-corrected chi connectivity index (χ2v) is 6.88. The number of hydrogen-bond acceptors (Lipinski definition) is 5. The van der Waals surface area contributed by atoms with Crippen molar-refractivity contribution in [1.82, 2.24) is 15.2 Å². The van der Waals surface area contributed by atoms with Gasteiger partial charge in [-0.2, -0.15) is 0 Å². The monoisotopic (exact) mass is 361 g/mol. The maximum absolute atomic E-state index is 11.4. The lowest BCUT2D eigenvalue weighted by Gasteiger charge is -2.26. The lowest BCUT2D eigenvalue weighted by molar-refractivity contribution is -0.140. The molecule has 3 rings (SSSR count). The quantitative estimate of drug-likeness (QED) is 0.630. The van der Waals surface area contributed by atoms with Gasteiger partial charge in [-0.05, 0) is 42.2 Å². The van der Waals surface area contributed by atoms with Gasteiger partial charge >= 0.3 is 5.97 Å². The number of carbonyl (C=O) groups excluding carboxylic acids is 1. The van der Waals surface area contributed by atoms with Crippen LogP contribution in [0.4, 0.5) is 0 Å². The van der Waals surface area contributed by atoms with E-state index in [-0.39, 0.29) is 18.1 Å². The molecule has 0 aliphatic carbocycles. The van der Waals surface area contributed by atoms with E-state index < -0.39 is 0 Å². The Balaban J connectivity index is 1.81. The van der Waals surface area contributed by atoms with Crippen LogP contribution in [0.2, 0.25) is 0 Å². The molecule has 7 heteroatoms. The highest BCUT2D eigenvalue weighted by atomic mass is 32.1. The summed E-state index contributed by atoms with van der Waals surface area (Å²) in [6.07, 6.45) is 2.89. The summed E-state index contributed by atoms with van der Waals surface area (Å²) in [5.74, 6) is -0.193. The molecule has 2 aromatic rings. The van der Waals surface area contributed by atoms with Crippen LogP contribution in [0.15, 0.2) is 41.9 Å². The average Bonchev–Trinajstić information content (AvgIpc) is 3.24. The second kappa shape index (κ2) is 7.72. The zero-order valence-corrected chi connectivity index (χ0v) is 15.0. The number of thiophene rings is 1. The van der Waals surface area contributed by atoms with E-state index in [0.717, 1.165) is 5.69 Å². The van der Waals surface area contributed by atoms with Crippen LogP contribution in [0.1, 0.15) is 35.5 Å². The largest absolute Gasteiger partial charge is 0.469 e. The van der Waals surface area contributed by atoms with Crippen molar-refractivity contribution in [1.29, 1.82) is 0 Å². The van der Waals surface area contributed by atoms with Crippen LogP contribution in [0.5, 0.6) is 0 Å². The molecular weight excluding hydrogens is 342 g/mol. The molecular formula is C17H19N3O2S2. The van der Waals surface area contributed by atoms with E-state index in [1.807, 2.05) is 24.3 Å². The summed E-state index contributed by atoms with van der Waals surface area (Å²) in [7, 11) is 1.41. The Morgan fingerprint density at radius 2 is 2.29 bits per heavy atom. The Labute approximate surface area is 150 Å². The van der Waals surface area contributed by atoms with E-state index in [4.69, 9.17) is 17.0 Å². The van der Waals surface area contributed by atoms with Crippen molar-refractivity contribution in [2.45, 2.75) is 24.9 Å². The Morgan fingerprint density at radius 3 is 2.96 bits per heavy atom. The molecule has 1 aliphatic rings. The topological polar surface area (TPSA) is 54.5 Å². The van der Waals surface area contributed by atoms with Gasteiger partial charge in [0.25, 0.3) is 0 Å². The number of rotatable bonds is 6. The van der Waals surface area contributed by atoms with Crippen molar-refractivity contribution in [3.63, 3.8) is 0 Å². The predicted octanol–water partition coefficient (Wildman–Crippen LogP) is 3.07. The number of pyridine rings is 1. The fourth-order valence-electron chi connectivity index (χ4n) is 2.91. The van der Waals surface area contributed by atoms with Crippen LogP contribution in [-0.4, -0.2) is 34.6 Å². The van der Waals surface area contributed by atoms with Gasteiger partial charge in [0.15, 0.2) is 5.11 Å². The van der Waals surface area contributed by atoms with Gasteiger partial charge < -0.3 is 15.0 Å².